The number of likely N-dealkylation sites (tertiary alicyclic amines) is 1. The van der Waals surface area contributed by atoms with Crippen molar-refractivity contribution in [2.24, 2.45) is 0 Å². The van der Waals surface area contributed by atoms with Crippen molar-refractivity contribution in [1.82, 2.24) is 9.88 Å². The van der Waals surface area contributed by atoms with Crippen LogP contribution in [-0.2, 0) is 20.7 Å². The van der Waals surface area contributed by atoms with Crippen LogP contribution in [0.4, 0.5) is 0 Å². The number of nitrogens with zero attached hydrogens (tertiary/aromatic N) is 1. The minimum Gasteiger partial charge on any atom is -0.507 e. The van der Waals surface area contributed by atoms with E-state index >= 15 is 0 Å². The van der Waals surface area contributed by atoms with Crippen molar-refractivity contribution >= 4 is 34.3 Å². The maximum atomic E-state index is 13.4. The first-order valence-electron chi connectivity index (χ1n) is 12.1. The number of H-pyrrole nitrogens is 1. The molecule has 2 N–H and O–H groups in total. The second-order valence-electron chi connectivity index (χ2n) is 8.92. The van der Waals surface area contributed by atoms with Crippen molar-refractivity contribution in [1.29, 1.82) is 0 Å². The van der Waals surface area contributed by atoms with Gasteiger partial charge < -0.3 is 24.5 Å². The lowest BCUT2D eigenvalue weighted by atomic mass is 9.94. The topological polar surface area (TPSA) is 109 Å². The van der Waals surface area contributed by atoms with Gasteiger partial charge >= 0.3 is 5.97 Å². The highest BCUT2D eigenvalue weighted by Crippen LogP contribution is 2.41. The molecule has 1 aliphatic rings. The highest BCUT2D eigenvalue weighted by Gasteiger charge is 2.46. The van der Waals surface area contributed by atoms with Crippen LogP contribution in [0.25, 0.3) is 16.7 Å². The third-order valence-electron chi connectivity index (χ3n) is 6.85. The predicted octanol–water partition coefficient (Wildman–Crippen LogP) is 4.63. The Hall–Kier alpha value is -4.85. The van der Waals surface area contributed by atoms with E-state index in [9.17, 15) is 19.5 Å². The van der Waals surface area contributed by atoms with Crippen LogP contribution in [0.5, 0.6) is 5.75 Å². The molecule has 1 saturated heterocycles. The summed E-state index contributed by atoms with van der Waals surface area (Å²) in [4.78, 5) is 43.4. The van der Waals surface area contributed by atoms with Crippen molar-refractivity contribution in [2.45, 2.75) is 12.5 Å². The molecule has 1 unspecified atom stereocenters. The number of carbonyl (C=O) groups is 3. The number of aliphatic hydroxyl groups is 1. The van der Waals surface area contributed by atoms with E-state index in [-0.39, 0.29) is 17.9 Å². The number of aliphatic hydroxyl groups excluding tert-OH is 1. The number of aromatic nitrogens is 1. The number of hydrogen-bond donors (Lipinski definition) is 2. The van der Waals surface area contributed by atoms with E-state index in [0.29, 0.717) is 28.9 Å². The number of benzene rings is 3. The van der Waals surface area contributed by atoms with Gasteiger partial charge in [0.25, 0.3) is 11.7 Å². The molecular formula is C30H26N2O6. The lowest BCUT2D eigenvalue weighted by Crippen LogP contribution is -2.31. The molecular weight excluding hydrogens is 484 g/mol. The molecule has 1 fully saturated rings. The Bertz CT molecular complexity index is 1570. The van der Waals surface area contributed by atoms with Crippen molar-refractivity contribution in [3.05, 3.63) is 107 Å². The minimum absolute atomic E-state index is 0.0377. The van der Waals surface area contributed by atoms with Crippen molar-refractivity contribution in [3.63, 3.8) is 0 Å². The summed E-state index contributed by atoms with van der Waals surface area (Å²) in [6.07, 6.45) is 2.39. The van der Waals surface area contributed by atoms with E-state index in [2.05, 4.69) is 4.98 Å². The molecule has 0 bridgehead atoms. The summed E-state index contributed by atoms with van der Waals surface area (Å²) in [5, 5.41) is 12.4. The molecule has 3 aromatic carbocycles. The van der Waals surface area contributed by atoms with Crippen LogP contribution in [0.3, 0.4) is 0 Å². The van der Waals surface area contributed by atoms with E-state index in [4.69, 9.17) is 9.47 Å². The number of methoxy groups -OCH3 is 2. The first-order valence-corrected chi connectivity index (χ1v) is 12.1. The summed E-state index contributed by atoms with van der Waals surface area (Å²) in [5.74, 6) is -1.94. The zero-order chi connectivity index (χ0) is 26.8. The number of hydrogen-bond acceptors (Lipinski definition) is 6. The summed E-state index contributed by atoms with van der Waals surface area (Å²) in [5.41, 5.74) is 3.16. The van der Waals surface area contributed by atoms with Gasteiger partial charge in [0.05, 0.1) is 37.0 Å². The molecule has 0 aliphatic carbocycles. The monoisotopic (exact) mass is 510 g/mol. The molecule has 192 valence electrons. The molecule has 0 saturated carbocycles. The van der Waals surface area contributed by atoms with E-state index in [0.717, 1.165) is 16.5 Å². The predicted molar refractivity (Wildman–Crippen MR) is 142 cm³/mol. The van der Waals surface area contributed by atoms with Gasteiger partial charge in [-0.2, -0.15) is 0 Å². The number of carbonyl (C=O) groups excluding carboxylic acids is 3. The van der Waals surface area contributed by atoms with Crippen LogP contribution in [0.15, 0.2) is 84.6 Å². The Labute approximate surface area is 219 Å². The van der Waals surface area contributed by atoms with Gasteiger partial charge in [-0.15, -0.1) is 0 Å². The molecule has 0 radical (unpaired) electrons. The Kier molecular flexibility index (Phi) is 6.70. The molecule has 0 spiro atoms. The van der Waals surface area contributed by atoms with E-state index in [1.54, 1.807) is 48.5 Å². The number of ether oxygens (including phenoxy) is 2. The summed E-state index contributed by atoms with van der Waals surface area (Å²) in [6, 6.07) is 20.2. The SMILES string of the molecule is COC(=O)c1ccc(C2C(=C(O)c3ccccc3OC)C(=O)C(=O)N2CCc2c[nH]c3ccccc23)cc1. The molecule has 1 amide bonds. The van der Waals surface area contributed by atoms with Gasteiger partial charge in [-0.3, -0.25) is 9.59 Å². The van der Waals surface area contributed by atoms with Gasteiger partial charge in [-0.25, -0.2) is 4.79 Å². The molecule has 4 aromatic rings. The summed E-state index contributed by atoms with van der Waals surface area (Å²) < 4.78 is 10.2. The number of para-hydroxylation sites is 2. The van der Waals surface area contributed by atoms with Crippen molar-refractivity contribution in [2.75, 3.05) is 20.8 Å². The molecule has 38 heavy (non-hydrogen) atoms. The van der Waals surface area contributed by atoms with Crippen LogP contribution in [0.1, 0.15) is 33.1 Å². The quantitative estimate of drug-likeness (QED) is 0.162. The number of Topliss-reactive ketones (excluding diaryl/α,β-unsaturated/α-hetero) is 1. The van der Waals surface area contributed by atoms with Crippen LogP contribution >= 0.6 is 0 Å². The first-order chi connectivity index (χ1) is 18.4. The third-order valence-corrected chi connectivity index (χ3v) is 6.85. The lowest BCUT2D eigenvalue weighted by molar-refractivity contribution is -0.139. The summed E-state index contributed by atoms with van der Waals surface area (Å²) in [6.45, 7) is 0.235. The summed E-state index contributed by atoms with van der Waals surface area (Å²) in [7, 11) is 2.76. The molecule has 1 aliphatic heterocycles. The van der Waals surface area contributed by atoms with Gasteiger partial charge in [0.15, 0.2) is 0 Å². The maximum Gasteiger partial charge on any atom is 0.337 e. The second-order valence-corrected chi connectivity index (χ2v) is 8.92. The van der Waals surface area contributed by atoms with Crippen molar-refractivity contribution in [3.8, 4) is 5.75 Å². The van der Waals surface area contributed by atoms with Crippen LogP contribution < -0.4 is 4.74 Å². The number of esters is 1. The number of ketones is 1. The first kappa shape index (κ1) is 24.8. The van der Waals surface area contributed by atoms with Gasteiger partial charge in [-0.1, -0.05) is 42.5 Å². The van der Waals surface area contributed by atoms with E-state index < -0.39 is 23.7 Å². The molecule has 5 rings (SSSR count). The number of nitrogens with one attached hydrogen (secondary N) is 1. The molecule has 8 heteroatoms. The maximum absolute atomic E-state index is 13.4. The molecule has 1 atom stereocenters. The molecule has 1 aromatic heterocycles. The van der Waals surface area contributed by atoms with Gasteiger partial charge in [0.2, 0.25) is 0 Å². The zero-order valence-electron chi connectivity index (χ0n) is 20.9. The highest BCUT2D eigenvalue weighted by atomic mass is 16.5. The number of fused-ring (bicyclic) bond motifs is 1. The lowest BCUT2D eigenvalue weighted by Gasteiger charge is -2.25. The van der Waals surface area contributed by atoms with Crippen molar-refractivity contribution < 1.29 is 29.0 Å². The second kappa shape index (κ2) is 10.3. The van der Waals surface area contributed by atoms with E-state index in [1.807, 2.05) is 30.5 Å². The normalized spacial score (nSPS) is 16.7. The Balaban J connectivity index is 1.59. The fraction of sp³-hybridized carbons (Fsp3) is 0.167. The number of aromatic amines is 1. The Morgan fingerprint density at radius 1 is 0.974 bits per heavy atom. The van der Waals surface area contributed by atoms with Gasteiger partial charge in [-0.05, 0) is 47.9 Å². The van der Waals surface area contributed by atoms with Crippen LogP contribution in [0, 0.1) is 0 Å². The zero-order valence-corrected chi connectivity index (χ0v) is 20.9. The number of rotatable bonds is 7. The third kappa shape index (κ3) is 4.30. The van der Waals surface area contributed by atoms with Crippen LogP contribution in [-0.4, -0.2) is 53.4 Å². The largest absolute Gasteiger partial charge is 0.507 e. The average Bonchev–Trinajstić information content (AvgIpc) is 3.49. The smallest absolute Gasteiger partial charge is 0.337 e. The number of amides is 1. The molecule has 8 nitrogen and oxygen atoms in total. The Morgan fingerprint density at radius 3 is 2.42 bits per heavy atom. The minimum atomic E-state index is -0.864. The van der Waals surface area contributed by atoms with E-state index in [1.165, 1.54) is 19.1 Å². The van der Waals surface area contributed by atoms with Gasteiger partial charge in [0, 0.05) is 23.6 Å². The van der Waals surface area contributed by atoms with Gasteiger partial charge in [0.1, 0.15) is 11.5 Å². The molecule has 2 heterocycles. The Morgan fingerprint density at radius 2 is 1.68 bits per heavy atom. The summed E-state index contributed by atoms with van der Waals surface area (Å²) >= 11 is 0. The fourth-order valence-corrected chi connectivity index (χ4v) is 4.94. The van der Waals surface area contributed by atoms with Crippen LogP contribution in [0.2, 0.25) is 0 Å². The highest BCUT2D eigenvalue weighted by molar-refractivity contribution is 6.46. The average molecular weight is 511 g/mol. The fourth-order valence-electron chi connectivity index (χ4n) is 4.94. The standard InChI is InChI=1S/C30H26N2O6/c1-37-24-10-6-4-8-22(24)27(33)25-26(18-11-13-19(14-12-18)30(36)38-2)32(29(35)28(25)34)16-15-20-17-31-23-9-5-3-7-21(20)23/h3-14,17,26,31,33H,15-16H2,1-2H3.